The van der Waals surface area contributed by atoms with Gasteiger partial charge in [0.2, 0.25) is 10.0 Å². The first kappa shape index (κ1) is 16.8. The van der Waals surface area contributed by atoms with Crippen molar-refractivity contribution in [2.24, 2.45) is 0 Å². The monoisotopic (exact) mass is 325 g/mol. The summed E-state index contributed by atoms with van der Waals surface area (Å²) in [5.41, 5.74) is 1.11. The molecule has 2 rings (SSSR count). The summed E-state index contributed by atoms with van der Waals surface area (Å²) in [6.45, 7) is 3.53. The molecule has 1 saturated heterocycles. The number of aryl methyl sites for hydroxylation is 1. The SMILES string of the molecule is CCc1ccc(S(=O)(=O)N2CCN(C(=O)N(C)C)CC2)cc1. The van der Waals surface area contributed by atoms with Crippen LogP contribution in [-0.4, -0.2) is 68.8 Å². The molecule has 1 aliphatic rings. The van der Waals surface area contributed by atoms with Crippen LogP contribution in [-0.2, 0) is 16.4 Å². The molecule has 0 N–H and O–H groups in total. The van der Waals surface area contributed by atoms with Gasteiger partial charge in [0, 0.05) is 40.3 Å². The Morgan fingerprint density at radius 3 is 2.09 bits per heavy atom. The predicted octanol–water partition coefficient (Wildman–Crippen LogP) is 1.24. The molecule has 0 atom stereocenters. The average Bonchev–Trinajstić information content (AvgIpc) is 2.54. The van der Waals surface area contributed by atoms with E-state index in [9.17, 15) is 13.2 Å². The maximum atomic E-state index is 12.6. The highest BCUT2D eigenvalue weighted by Gasteiger charge is 2.30. The molecule has 1 fully saturated rings. The first-order chi connectivity index (χ1) is 10.4. The second kappa shape index (κ2) is 6.66. The number of carbonyl (C=O) groups excluding carboxylic acids is 1. The summed E-state index contributed by atoms with van der Waals surface area (Å²) in [4.78, 5) is 15.4. The molecule has 0 unspecified atom stereocenters. The van der Waals surface area contributed by atoms with Crippen LogP contribution in [0, 0.1) is 0 Å². The van der Waals surface area contributed by atoms with Crippen molar-refractivity contribution in [2.75, 3.05) is 40.3 Å². The average molecular weight is 325 g/mol. The molecule has 1 aliphatic heterocycles. The van der Waals surface area contributed by atoms with Crippen molar-refractivity contribution >= 4 is 16.1 Å². The van der Waals surface area contributed by atoms with Gasteiger partial charge in [0.25, 0.3) is 0 Å². The molecule has 2 amide bonds. The highest BCUT2D eigenvalue weighted by Crippen LogP contribution is 2.18. The van der Waals surface area contributed by atoms with Crippen LogP contribution in [0.2, 0.25) is 0 Å². The normalized spacial score (nSPS) is 16.6. The van der Waals surface area contributed by atoms with E-state index in [0.717, 1.165) is 12.0 Å². The summed E-state index contributed by atoms with van der Waals surface area (Å²) in [6, 6.07) is 6.93. The van der Waals surface area contributed by atoms with Gasteiger partial charge < -0.3 is 9.80 Å². The van der Waals surface area contributed by atoms with Gasteiger partial charge in [0.1, 0.15) is 0 Å². The molecule has 1 aromatic carbocycles. The van der Waals surface area contributed by atoms with Crippen LogP contribution in [0.3, 0.4) is 0 Å². The molecular formula is C15H23N3O3S. The van der Waals surface area contributed by atoms with E-state index in [1.807, 2.05) is 19.1 Å². The molecule has 0 aromatic heterocycles. The van der Waals surface area contributed by atoms with Gasteiger partial charge in [-0.05, 0) is 24.1 Å². The molecule has 1 aromatic rings. The Balaban J connectivity index is 2.07. The summed E-state index contributed by atoms with van der Waals surface area (Å²) in [6.07, 6.45) is 0.881. The Morgan fingerprint density at radius 2 is 1.64 bits per heavy atom. The number of hydrogen-bond donors (Lipinski definition) is 0. The van der Waals surface area contributed by atoms with E-state index < -0.39 is 10.0 Å². The number of amides is 2. The van der Waals surface area contributed by atoms with Gasteiger partial charge in [-0.3, -0.25) is 0 Å². The number of nitrogens with zero attached hydrogens (tertiary/aromatic N) is 3. The number of piperazine rings is 1. The summed E-state index contributed by atoms with van der Waals surface area (Å²) in [5, 5.41) is 0. The lowest BCUT2D eigenvalue weighted by atomic mass is 10.2. The zero-order valence-electron chi connectivity index (χ0n) is 13.3. The topological polar surface area (TPSA) is 60.9 Å². The standard InChI is InChI=1S/C15H23N3O3S/c1-4-13-5-7-14(8-6-13)22(20,21)18-11-9-17(10-12-18)15(19)16(2)3/h5-8H,4,9-12H2,1-3H3. The zero-order valence-corrected chi connectivity index (χ0v) is 14.1. The molecular weight excluding hydrogens is 302 g/mol. The summed E-state index contributed by atoms with van der Waals surface area (Å²) in [7, 11) is -0.0843. The van der Waals surface area contributed by atoms with Crippen LogP contribution in [0.25, 0.3) is 0 Å². The van der Waals surface area contributed by atoms with Crippen molar-refractivity contribution < 1.29 is 13.2 Å². The van der Waals surface area contributed by atoms with Gasteiger partial charge >= 0.3 is 6.03 Å². The molecule has 7 heteroatoms. The predicted molar refractivity (Wildman–Crippen MR) is 85.2 cm³/mol. The van der Waals surface area contributed by atoms with Gasteiger partial charge in [0.05, 0.1) is 4.90 Å². The molecule has 0 aliphatic carbocycles. The van der Waals surface area contributed by atoms with Crippen LogP contribution >= 0.6 is 0 Å². The van der Waals surface area contributed by atoms with E-state index in [1.54, 1.807) is 31.1 Å². The lowest BCUT2D eigenvalue weighted by Crippen LogP contribution is -2.52. The third-order valence-electron chi connectivity index (χ3n) is 3.86. The van der Waals surface area contributed by atoms with Gasteiger partial charge in [-0.15, -0.1) is 0 Å². The number of carbonyl (C=O) groups is 1. The van der Waals surface area contributed by atoms with Crippen molar-refractivity contribution in [3.8, 4) is 0 Å². The first-order valence-corrected chi connectivity index (χ1v) is 8.85. The third kappa shape index (κ3) is 3.41. The summed E-state index contributed by atoms with van der Waals surface area (Å²) < 4.78 is 26.7. The van der Waals surface area contributed by atoms with E-state index >= 15 is 0 Å². The van der Waals surface area contributed by atoms with Crippen molar-refractivity contribution in [3.05, 3.63) is 29.8 Å². The minimum atomic E-state index is -3.47. The maximum Gasteiger partial charge on any atom is 0.319 e. The lowest BCUT2D eigenvalue weighted by Gasteiger charge is -2.35. The number of sulfonamides is 1. The maximum absolute atomic E-state index is 12.6. The molecule has 22 heavy (non-hydrogen) atoms. The quantitative estimate of drug-likeness (QED) is 0.840. The molecule has 0 saturated carbocycles. The van der Waals surface area contributed by atoms with Crippen LogP contribution in [0.15, 0.2) is 29.2 Å². The second-order valence-electron chi connectivity index (χ2n) is 5.57. The van der Waals surface area contributed by atoms with E-state index in [1.165, 1.54) is 9.21 Å². The molecule has 0 spiro atoms. The Labute approximate surface area is 132 Å². The largest absolute Gasteiger partial charge is 0.331 e. The van der Waals surface area contributed by atoms with Gasteiger partial charge in [-0.2, -0.15) is 4.31 Å². The third-order valence-corrected chi connectivity index (χ3v) is 5.77. The van der Waals surface area contributed by atoms with E-state index in [-0.39, 0.29) is 6.03 Å². The fourth-order valence-electron chi connectivity index (χ4n) is 2.45. The molecule has 0 bridgehead atoms. The molecule has 0 radical (unpaired) electrons. The molecule has 6 nitrogen and oxygen atoms in total. The van der Waals surface area contributed by atoms with Crippen LogP contribution < -0.4 is 0 Å². The Bertz CT molecular complexity index is 618. The Hall–Kier alpha value is -1.60. The van der Waals surface area contributed by atoms with Gasteiger partial charge in [0.15, 0.2) is 0 Å². The van der Waals surface area contributed by atoms with Crippen molar-refractivity contribution in [1.82, 2.24) is 14.1 Å². The van der Waals surface area contributed by atoms with Crippen molar-refractivity contribution in [1.29, 1.82) is 0 Å². The highest BCUT2D eigenvalue weighted by atomic mass is 32.2. The van der Waals surface area contributed by atoms with Crippen LogP contribution in [0.1, 0.15) is 12.5 Å². The number of benzene rings is 1. The smallest absolute Gasteiger partial charge is 0.319 e. The van der Waals surface area contributed by atoms with Crippen LogP contribution in [0.5, 0.6) is 0 Å². The van der Waals surface area contributed by atoms with Gasteiger partial charge in [-0.25, -0.2) is 13.2 Å². The minimum Gasteiger partial charge on any atom is -0.331 e. The van der Waals surface area contributed by atoms with E-state index in [0.29, 0.717) is 31.1 Å². The zero-order chi connectivity index (χ0) is 16.3. The van der Waals surface area contributed by atoms with Crippen molar-refractivity contribution in [2.45, 2.75) is 18.2 Å². The lowest BCUT2D eigenvalue weighted by molar-refractivity contribution is 0.149. The van der Waals surface area contributed by atoms with Gasteiger partial charge in [-0.1, -0.05) is 19.1 Å². The molecule has 1 heterocycles. The Kier molecular flexibility index (Phi) is 5.08. The number of hydrogen-bond acceptors (Lipinski definition) is 3. The molecule has 122 valence electrons. The van der Waals surface area contributed by atoms with Crippen LogP contribution in [0.4, 0.5) is 4.79 Å². The van der Waals surface area contributed by atoms with E-state index in [2.05, 4.69) is 0 Å². The highest BCUT2D eigenvalue weighted by molar-refractivity contribution is 7.89. The summed E-state index contributed by atoms with van der Waals surface area (Å²) >= 11 is 0. The fraction of sp³-hybridized carbons (Fsp3) is 0.533. The second-order valence-corrected chi connectivity index (χ2v) is 7.50. The fourth-order valence-corrected chi connectivity index (χ4v) is 3.87. The summed E-state index contributed by atoms with van der Waals surface area (Å²) in [5.74, 6) is 0. The first-order valence-electron chi connectivity index (χ1n) is 7.41. The van der Waals surface area contributed by atoms with E-state index in [4.69, 9.17) is 0 Å². The minimum absolute atomic E-state index is 0.0793. The number of urea groups is 1. The number of rotatable bonds is 3. The van der Waals surface area contributed by atoms with Crippen molar-refractivity contribution in [3.63, 3.8) is 0 Å². The Morgan fingerprint density at radius 1 is 1.09 bits per heavy atom.